The first-order chi connectivity index (χ1) is 6.73. The van der Waals surface area contributed by atoms with Crippen LogP contribution in [0, 0.1) is 5.92 Å². The molecule has 0 aromatic carbocycles. The largest absolute Gasteiger partial charge is 0.388 e. The van der Waals surface area contributed by atoms with Gasteiger partial charge < -0.3 is 15.2 Å². The number of ether oxygens (including phenoxy) is 1. The summed E-state index contributed by atoms with van der Waals surface area (Å²) in [5.41, 5.74) is -0.484. The van der Waals surface area contributed by atoms with Crippen LogP contribution in [0.4, 0.5) is 0 Å². The number of hydrogen-bond acceptors (Lipinski definition) is 3. The topological polar surface area (TPSA) is 41.5 Å². The third-order valence-electron chi connectivity index (χ3n) is 3.88. The molecule has 3 heteroatoms. The molecule has 2 aliphatic heterocycles. The van der Waals surface area contributed by atoms with E-state index < -0.39 is 5.60 Å². The lowest BCUT2D eigenvalue weighted by Crippen LogP contribution is -2.58. The summed E-state index contributed by atoms with van der Waals surface area (Å²) in [6.07, 6.45) is 4.08. The Hall–Kier alpha value is -0.120. The van der Waals surface area contributed by atoms with Crippen LogP contribution >= 0.6 is 0 Å². The van der Waals surface area contributed by atoms with Crippen molar-refractivity contribution in [1.82, 2.24) is 5.32 Å². The second-order valence-electron chi connectivity index (χ2n) is 4.66. The van der Waals surface area contributed by atoms with E-state index in [1.165, 1.54) is 0 Å². The van der Waals surface area contributed by atoms with Crippen LogP contribution in [0.2, 0.25) is 0 Å². The van der Waals surface area contributed by atoms with Crippen molar-refractivity contribution in [1.29, 1.82) is 0 Å². The minimum atomic E-state index is -0.484. The molecule has 0 aromatic rings. The second kappa shape index (κ2) is 4.17. The van der Waals surface area contributed by atoms with Crippen LogP contribution in [0.1, 0.15) is 32.6 Å². The average molecular weight is 199 g/mol. The Labute approximate surface area is 85.8 Å². The molecule has 14 heavy (non-hydrogen) atoms. The quantitative estimate of drug-likeness (QED) is 0.660. The third kappa shape index (κ3) is 1.81. The number of rotatable bonds is 1. The third-order valence-corrected chi connectivity index (χ3v) is 3.88. The average Bonchev–Trinajstić information content (AvgIpc) is 2.24. The van der Waals surface area contributed by atoms with Crippen LogP contribution in [0.5, 0.6) is 0 Å². The van der Waals surface area contributed by atoms with Crippen LogP contribution in [0.25, 0.3) is 0 Å². The van der Waals surface area contributed by atoms with Crippen LogP contribution in [0.3, 0.4) is 0 Å². The first-order valence-corrected chi connectivity index (χ1v) is 5.77. The first kappa shape index (κ1) is 10.4. The molecule has 0 radical (unpaired) electrons. The van der Waals surface area contributed by atoms with Gasteiger partial charge in [-0.1, -0.05) is 0 Å². The summed E-state index contributed by atoms with van der Waals surface area (Å²) < 4.78 is 5.34. The maximum Gasteiger partial charge on any atom is 0.0827 e. The monoisotopic (exact) mass is 199 g/mol. The Morgan fingerprint density at radius 1 is 1.36 bits per heavy atom. The van der Waals surface area contributed by atoms with Gasteiger partial charge in [0.2, 0.25) is 0 Å². The van der Waals surface area contributed by atoms with E-state index in [-0.39, 0.29) is 6.04 Å². The van der Waals surface area contributed by atoms with Crippen molar-refractivity contribution in [2.45, 2.75) is 44.2 Å². The summed E-state index contributed by atoms with van der Waals surface area (Å²) in [6, 6.07) is 0.236. The number of aliphatic hydroxyl groups is 1. The lowest BCUT2D eigenvalue weighted by molar-refractivity contribution is -0.0997. The Morgan fingerprint density at radius 2 is 2.07 bits per heavy atom. The van der Waals surface area contributed by atoms with Gasteiger partial charge in [-0.3, -0.25) is 0 Å². The van der Waals surface area contributed by atoms with Crippen molar-refractivity contribution in [2.24, 2.45) is 5.92 Å². The lowest BCUT2D eigenvalue weighted by Gasteiger charge is -2.45. The molecule has 2 fully saturated rings. The van der Waals surface area contributed by atoms with Gasteiger partial charge in [0.05, 0.1) is 5.60 Å². The smallest absolute Gasteiger partial charge is 0.0827 e. The van der Waals surface area contributed by atoms with E-state index in [2.05, 4.69) is 12.2 Å². The molecule has 2 aliphatic rings. The molecule has 0 aromatic heterocycles. The minimum absolute atomic E-state index is 0.236. The molecule has 82 valence electrons. The Bertz CT molecular complexity index is 192. The molecule has 2 N–H and O–H groups in total. The summed E-state index contributed by atoms with van der Waals surface area (Å²) >= 11 is 0. The molecule has 2 rings (SSSR count). The molecule has 0 amide bonds. The highest BCUT2D eigenvalue weighted by Gasteiger charge is 2.43. The molecule has 0 bridgehead atoms. The SMILES string of the molecule is CC1NCCCC1(O)C1CCOCC1. The summed E-state index contributed by atoms with van der Waals surface area (Å²) in [5.74, 6) is 0.430. The van der Waals surface area contributed by atoms with E-state index in [0.717, 1.165) is 45.4 Å². The van der Waals surface area contributed by atoms with Gasteiger partial charge in [-0.05, 0) is 45.1 Å². The van der Waals surface area contributed by atoms with Gasteiger partial charge in [0, 0.05) is 19.3 Å². The molecule has 3 nitrogen and oxygen atoms in total. The molecular weight excluding hydrogens is 178 g/mol. The Balaban J connectivity index is 2.03. The summed E-state index contributed by atoms with van der Waals surface area (Å²) in [6.45, 7) is 4.79. The molecule has 0 saturated carbocycles. The van der Waals surface area contributed by atoms with Crippen molar-refractivity contribution in [2.75, 3.05) is 19.8 Å². The number of hydrogen-bond donors (Lipinski definition) is 2. The fourth-order valence-corrected chi connectivity index (χ4v) is 2.84. The summed E-state index contributed by atoms with van der Waals surface area (Å²) in [5, 5.41) is 14.0. The van der Waals surface area contributed by atoms with Gasteiger partial charge in [-0.2, -0.15) is 0 Å². The summed E-state index contributed by atoms with van der Waals surface area (Å²) in [4.78, 5) is 0. The molecule has 0 spiro atoms. The fraction of sp³-hybridized carbons (Fsp3) is 1.00. The van der Waals surface area contributed by atoms with Gasteiger partial charge in [0.15, 0.2) is 0 Å². The van der Waals surface area contributed by atoms with E-state index in [4.69, 9.17) is 4.74 Å². The maximum absolute atomic E-state index is 10.6. The van der Waals surface area contributed by atoms with Gasteiger partial charge in [0.1, 0.15) is 0 Å². The highest BCUT2D eigenvalue weighted by Crippen LogP contribution is 2.35. The van der Waals surface area contributed by atoms with E-state index >= 15 is 0 Å². The van der Waals surface area contributed by atoms with Crippen LogP contribution in [-0.4, -0.2) is 36.5 Å². The van der Waals surface area contributed by atoms with Gasteiger partial charge in [0.25, 0.3) is 0 Å². The zero-order valence-electron chi connectivity index (χ0n) is 8.96. The zero-order valence-corrected chi connectivity index (χ0v) is 8.96. The standard InChI is InChI=1S/C11H21NO2/c1-9-11(13,5-2-6-12-9)10-3-7-14-8-4-10/h9-10,12-13H,2-8H2,1H3. The number of nitrogens with one attached hydrogen (secondary N) is 1. The normalized spacial score (nSPS) is 41.1. The second-order valence-corrected chi connectivity index (χ2v) is 4.66. The predicted octanol–water partition coefficient (Wildman–Crippen LogP) is 0.916. The first-order valence-electron chi connectivity index (χ1n) is 5.77. The van der Waals surface area contributed by atoms with Crippen LogP contribution in [0.15, 0.2) is 0 Å². The van der Waals surface area contributed by atoms with Gasteiger partial charge >= 0.3 is 0 Å². The van der Waals surface area contributed by atoms with E-state index in [1.807, 2.05) is 0 Å². The van der Waals surface area contributed by atoms with Crippen LogP contribution in [-0.2, 0) is 4.74 Å². The van der Waals surface area contributed by atoms with Gasteiger partial charge in [-0.25, -0.2) is 0 Å². The highest BCUT2D eigenvalue weighted by atomic mass is 16.5. The summed E-state index contributed by atoms with van der Waals surface area (Å²) in [7, 11) is 0. The molecule has 0 aliphatic carbocycles. The minimum Gasteiger partial charge on any atom is -0.388 e. The maximum atomic E-state index is 10.6. The molecular formula is C11H21NO2. The highest BCUT2D eigenvalue weighted by molar-refractivity contribution is 4.98. The van der Waals surface area contributed by atoms with Crippen LogP contribution < -0.4 is 5.32 Å². The van der Waals surface area contributed by atoms with E-state index in [0.29, 0.717) is 5.92 Å². The van der Waals surface area contributed by atoms with Crippen molar-refractivity contribution in [3.05, 3.63) is 0 Å². The Morgan fingerprint density at radius 3 is 2.71 bits per heavy atom. The lowest BCUT2D eigenvalue weighted by atomic mass is 9.73. The van der Waals surface area contributed by atoms with Crippen molar-refractivity contribution in [3.8, 4) is 0 Å². The van der Waals surface area contributed by atoms with Crippen molar-refractivity contribution in [3.63, 3.8) is 0 Å². The molecule has 2 heterocycles. The number of piperidine rings is 1. The predicted molar refractivity (Wildman–Crippen MR) is 55.2 cm³/mol. The van der Waals surface area contributed by atoms with E-state index in [9.17, 15) is 5.11 Å². The zero-order chi connectivity index (χ0) is 10.0. The Kier molecular flexibility index (Phi) is 3.10. The molecule has 2 saturated heterocycles. The van der Waals surface area contributed by atoms with E-state index in [1.54, 1.807) is 0 Å². The fourth-order valence-electron chi connectivity index (χ4n) is 2.84. The van der Waals surface area contributed by atoms with Crippen molar-refractivity contribution < 1.29 is 9.84 Å². The molecule has 2 unspecified atom stereocenters. The van der Waals surface area contributed by atoms with Gasteiger partial charge in [-0.15, -0.1) is 0 Å². The van der Waals surface area contributed by atoms with Crippen molar-refractivity contribution >= 4 is 0 Å². The molecule has 2 atom stereocenters.